The van der Waals surface area contributed by atoms with Crippen molar-refractivity contribution in [3.63, 3.8) is 0 Å². The van der Waals surface area contributed by atoms with Gasteiger partial charge < -0.3 is 9.80 Å². The van der Waals surface area contributed by atoms with Gasteiger partial charge in [0.15, 0.2) is 37.9 Å². The van der Waals surface area contributed by atoms with Crippen molar-refractivity contribution in [3.8, 4) is 0 Å². The maximum Gasteiger partial charge on any atom is 0.170 e. The molecule has 2 heterocycles. The summed E-state index contributed by atoms with van der Waals surface area (Å²) in [5, 5.41) is 2.52. The zero-order chi connectivity index (χ0) is 26.1. The van der Waals surface area contributed by atoms with Crippen molar-refractivity contribution in [2.45, 2.75) is 19.5 Å². The summed E-state index contributed by atoms with van der Waals surface area (Å²) in [4.78, 5) is 4.17. The molecule has 0 bridgehead atoms. The van der Waals surface area contributed by atoms with Crippen LogP contribution in [-0.4, -0.2) is 14.1 Å². The second kappa shape index (κ2) is 11.1. The molecule has 1 aliphatic rings. The van der Waals surface area contributed by atoms with Gasteiger partial charge in [-0.15, -0.1) is 0 Å². The maximum atomic E-state index is 6.17. The van der Waals surface area contributed by atoms with Gasteiger partial charge in [0.2, 0.25) is 0 Å². The molecule has 2 aromatic heterocycles. The molecule has 0 unspecified atom stereocenters. The molecule has 8 heteroatoms. The third-order valence-electron chi connectivity index (χ3n) is 6.95. The Morgan fingerprint density at radius 2 is 0.892 bits per heavy atom. The third kappa shape index (κ3) is 6.50. The monoisotopic (exact) mass is 572 g/mol. The lowest BCUT2D eigenvalue weighted by Gasteiger charge is -2.19. The Morgan fingerprint density at radius 1 is 0.568 bits per heavy atom. The fraction of sp³-hybridized carbons (Fsp3) is 0.241. The molecule has 0 aliphatic heterocycles. The van der Waals surface area contributed by atoms with E-state index in [0.717, 1.165) is 35.8 Å². The van der Waals surface area contributed by atoms with Crippen LogP contribution in [0.1, 0.15) is 6.42 Å². The second-order valence-electron chi connectivity index (χ2n) is 9.64. The number of hydrogen-bond donors (Lipinski definition) is 0. The van der Waals surface area contributed by atoms with Crippen molar-refractivity contribution in [2.24, 2.45) is 11.8 Å². The molecule has 1 saturated carbocycles. The standard InChI is InChI=1S/C29H28Cl4N4/c1-34(28-14-22(30)12-23(31)15-28)26-3-7-36(8-4-26)18-20-11-21(20)19-37-9-5-27(6-10-37)35(2)29-16-24(32)13-25(33)17-29/h3-10,12-17,20-21H,11,18-19H2,1-2H3/q+2/t20-,21-/m0/s1. The normalized spacial score (nSPS) is 16.5. The summed E-state index contributed by atoms with van der Waals surface area (Å²) in [6.45, 7) is 2.04. The summed E-state index contributed by atoms with van der Waals surface area (Å²) in [7, 11) is 4.03. The molecule has 0 N–H and O–H groups in total. The molecule has 37 heavy (non-hydrogen) atoms. The molecule has 5 rings (SSSR count). The molecule has 0 spiro atoms. The highest BCUT2D eigenvalue weighted by Gasteiger charge is 2.42. The van der Waals surface area contributed by atoms with Crippen molar-refractivity contribution in [1.29, 1.82) is 0 Å². The molecule has 0 saturated heterocycles. The van der Waals surface area contributed by atoms with Gasteiger partial charge in [-0.2, -0.15) is 0 Å². The van der Waals surface area contributed by atoms with Gasteiger partial charge in [0.25, 0.3) is 0 Å². The van der Waals surface area contributed by atoms with Crippen LogP contribution in [0.3, 0.4) is 0 Å². The molecule has 4 nitrogen and oxygen atoms in total. The van der Waals surface area contributed by atoms with Crippen molar-refractivity contribution in [1.82, 2.24) is 0 Å². The van der Waals surface area contributed by atoms with Gasteiger partial charge in [-0.1, -0.05) is 46.4 Å². The van der Waals surface area contributed by atoms with Crippen LogP contribution in [0.5, 0.6) is 0 Å². The van der Waals surface area contributed by atoms with E-state index < -0.39 is 0 Å². The molecule has 1 aliphatic carbocycles. The topological polar surface area (TPSA) is 14.2 Å². The first kappa shape index (κ1) is 26.1. The average Bonchev–Trinajstić information content (AvgIpc) is 3.59. The minimum Gasteiger partial charge on any atom is -0.344 e. The van der Waals surface area contributed by atoms with E-state index in [9.17, 15) is 0 Å². The highest BCUT2D eigenvalue weighted by atomic mass is 35.5. The summed E-state index contributed by atoms with van der Waals surface area (Å²) < 4.78 is 4.54. The first-order valence-corrected chi connectivity index (χ1v) is 13.6. The predicted octanol–water partition coefficient (Wildman–Crippen LogP) is 7.75. The Hall–Kier alpha value is -2.50. The lowest BCUT2D eigenvalue weighted by atomic mass is 10.2. The number of aromatic nitrogens is 2. The summed E-state index contributed by atoms with van der Waals surface area (Å²) in [6.07, 6.45) is 9.83. The lowest BCUT2D eigenvalue weighted by Crippen LogP contribution is -2.37. The summed E-state index contributed by atoms with van der Waals surface area (Å²) in [6, 6.07) is 19.7. The fourth-order valence-electron chi connectivity index (χ4n) is 4.65. The number of nitrogens with zero attached hydrogens (tertiary/aromatic N) is 4. The lowest BCUT2D eigenvalue weighted by molar-refractivity contribution is -0.709. The number of pyridine rings is 2. The zero-order valence-corrected chi connectivity index (χ0v) is 23.7. The zero-order valence-electron chi connectivity index (χ0n) is 20.7. The summed E-state index contributed by atoms with van der Waals surface area (Å²) >= 11 is 24.7. The van der Waals surface area contributed by atoms with Crippen molar-refractivity contribution in [2.75, 3.05) is 23.9 Å². The van der Waals surface area contributed by atoms with Crippen molar-refractivity contribution < 1.29 is 9.13 Å². The Balaban J connectivity index is 1.15. The Bertz CT molecular complexity index is 1240. The summed E-state index contributed by atoms with van der Waals surface area (Å²) in [5.74, 6) is 1.37. The fourth-order valence-corrected chi connectivity index (χ4v) is 5.68. The van der Waals surface area contributed by atoms with Crippen LogP contribution >= 0.6 is 46.4 Å². The smallest absolute Gasteiger partial charge is 0.170 e. The van der Waals surface area contributed by atoms with E-state index in [2.05, 4.69) is 68.0 Å². The second-order valence-corrected chi connectivity index (χ2v) is 11.4. The minimum atomic E-state index is 0.630. The van der Waals surface area contributed by atoms with Gasteiger partial charge in [0.05, 0.1) is 11.4 Å². The van der Waals surface area contributed by atoms with Crippen LogP contribution in [0.15, 0.2) is 85.5 Å². The largest absolute Gasteiger partial charge is 0.344 e. The van der Waals surface area contributed by atoms with E-state index in [1.165, 1.54) is 6.42 Å². The number of benzene rings is 2. The highest BCUT2D eigenvalue weighted by Crippen LogP contribution is 2.39. The molecular formula is C29H28Cl4N4+2. The van der Waals surface area contributed by atoms with Gasteiger partial charge in [-0.3, -0.25) is 0 Å². The Morgan fingerprint density at radius 3 is 1.22 bits per heavy atom. The van der Waals surface area contributed by atoms with Gasteiger partial charge >= 0.3 is 0 Å². The van der Waals surface area contributed by atoms with E-state index in [4.69, 9.17) is 46.4 Å². The van der Waals surface area contributed by atoms with Crippen molar-refractivity contribution >= 4 is 69.2 Å². The van der Waals surface area contributed by atoms with E-state index in [-0.39, 0.29) is 0 Å². The molecule has 190 valence electrons. The molecule has 1 fully saturated rings. The Labute approximate surface area is 238 Å². The van der Waals surface area contributed by atoms with Gasteiger partial charge in [0.1, 0.15) is 0 Å². The number of rotatable bonds is 8. The van der Waals surface area contributed by atoms with E-state index in [1.54, 1.807) is 12.1 Å². The quantitative estimate of drug-likeness (QED) is 0.200. The number of anilines is 4. The highest BCUT2D eigenvalue weighted by molar-refractivity contribution is 6.35. The van der Waals surface area contributed by atoms with Crippen LogP contribution in [-0.2, 0) is 13.1 Å². The molecular weight excluding hydrogens is 546 g/mol. The van der Waals surface area contributed by atoms with Crippen molar-refractivity contribution in [3.05, 3.63) is 106 Å². The Kier molecular flexibility index (Phi) is 7.83. The molecule has 0 radical (unpaired) electrons. The van der Waals surface area contributed by atoms with E-state index in [1.807, 2.05) is 38.4 Å². The molecule has 2 aromatic carbocycles. The van der Waals surface area contributed by atoms with Gasteiger partial charge in [0, 0.05) is 81.7 Å². The number of halogens is 4. The maximum absolute atomic E-state index is 6.17. The van der Waals surface area contributed by atoms with Crippen LogP contribution in [0.25, 0.3) is 0 Å². The molecule has 0 amide bonds. The van der Waals surface area contributed by atoms with E-state index in [0.29, 0.717) is 31.9 Å². The predicted molar refractivity (Wildman–Crippen MR) is 154 cm³/mol. The van der Waals surface area contributed by atoms with E-state index >= 15 is 0 Å². The van der Waals surface area contributed by atoms with Crippen LogP contribution in [0, 0.1) is 11.8 Å². The molecule has 4 aromatic rings. The summed E-state index contributed by atoms with van der Waals surface area (Å²) in [5.41, 5.74) is 4.09. The van der Waals surface area contributed by atoms with Crippen LogP contribution in [0.4, 0.5) is 22.7 Å². The SMILES string of the molecule is CN(c1cc[n+](C[C@@H]2C[C@H]2C[n+]2ccc(N(C)c3cc(Cl)cc(Cl)c3)cc2)cc1)c1cc(Cl)cc(Cl)c1. The van der Waals surface area contributed by atoms with Crippen LogP contribution in [0.2, 0.25) is 20.1 Å². The van der Waals surface area contributed by atoms with Crippen LogP contribution < -0.4 is 18.9 Å². The number of hydrogen-bond acceptors (Lipinski definition) is 2. The van der Waals surface area contributed by atoms with Gasteiger partial charge in [-0.25, -0.2) is 9.13 Å². The molecule has 2 atom stereocenters. The minimum absolute atomic E-state index is 0.630. The first-order valence-electron chi connectivity index (χ1n) is 12.1. The average molecular weight is 574 g/mol. The van der Waals surface area contributed by atoms with Gasteiger partial charge in [-0.05, 0) is 42.8 Å². The third-order valence-corrected chi connectivity index (χ3v) is 7.82. The first-order chi connectivity index (χ1) is 17.7.